The van der Waals surface area contributed by atoms with Crippen LogP contribution < -0.4 is 0 Å². The second-order valence-electron chi connectivity index (χ2n) is 8.66. The van der Waals surface area contributed by atoms with E-state index in [2.05, 4.69) is 27.7 Å². The van der Waals surface area contributed by atoms with Crippen LogP contribution in [0.5, 0.6) is 0 Å². The van der Waals surface area contributed by atoms with E-state index in [1.54, 1.807) is 0 Å². The Morgan fingerprint density at radius 2 is 2.09 bits per heavy atom. The largest absolute Gasteiger partial charge is 0.481 e. The van der Waals surface area contributed by atoms with E-state index in [0.717, 1.165) is 19.3 Å². The Kier molecular flexibility index (Phi) is 5.08. The first-order chi connectivity index (χ1) is 10.6. The first-order valence-corrected chi connectivity index (χ1v) is 9.03. The van der Waals surface area contributed by atoms with E-state index < -0.39 is 5.97 Å². The molecule has 5 atom stereocenters. The summed E-state index contributed by atoms with van der Waals surface area (Å²) in [6.45, 7) is 11.1. The van der Waals surface area contributed by atoms with Gasteiger partial charge in [-0.1, -0.05) is 33.3 Å². The fourth-order valence-electron chi connectivity index (χ4n) is 5.07. The highest BCUT2D eigenvalue weighted by atomic mass is 16.4. The number of fused-ring (bicyclic) bond motifs is 1. The molecule has 0 amide bonds. The van der Waals surface area contributed by atoms with E-state index in [1.807, 2.05) is 13.0 Å². The smallest absolute Gasteiger partial charge is 0.303 e. The molecule has 23 heavy (non-hydrogen) atoms. The molecule has 0 saturated heterocycles. The molecule has 1 N–H and O–H groups in total. The van der Waals surface area contributed by atoms with Gasteiger partial charge in [0.25, 0.3) is 0 Å². The molecule has 0 aromatic rings. The first kappa shape index (κ1) is 18.2. The number of hydrogen-bond donors (Lipinski definition) is 1. The van der Waals surface area contributed by atoms with Crippen molar-refractivity contribution < 1.29 is 14.7 Å². The summed E-state index contributed by atoms with van der Waals surface area (Å²) in [5, 5.41) is 8.98. The Balaban J connectivity index is 2.22. The second kappa shape index (κ2) is 6.41. The summed E-state index contributed by atoms with van der Waals surface area (Å²) in [6, 6.07) is 0. The van der Waals surface area contributed by atoms with Crippen molar-refractivity contribution in [3.05, 3.63) is 11.6 Å². The molecule has 1 fully saturated rings. The fraction of sp³-hybridized carbons (Fsp3) is 0.800. The van der Waals surface area contributed by atoms with Gasteiger partial charge in [-0.2, -0.15) is 0 Å². The Hall–Kier alpha value is -1.12. The second-order valence-corrected chi connectivity index (χ2v) is 8.66. The zero-order valence-electron chi connectivity index (χ0n) is 15.3. The van der Waals surface area contributed by atoms with Gasteiger partial charge < -0.3 is 5.11 Å². The van der Waals surface area contributed by atoms with Crippen molar-refractivity contribution >= 4 is 11.8 Å². The predicted octanol–water partition coefficient (Wildman–Crippen LogP) is 4.86. The minimum absolute atomic E-state index is 0.116. The van der Waals surface area contributed by atoms with Crippen LogP contribution in [0.3, 0.4) is 0 Å². The number of hydrogen-bond acceptors (Lipinski definition) is 2. The Labute approximate surface area is 140 Å². The quantitative estimate of drug-likeness (QED) is 0.787. The predicted molar refractivity (Wildman–Crippen MR) is 92.1 cm³/mol. The monoisotopic (exact) mass is 320 g/mol. The van der Waals surface area contributed by atoms with Gasteiger partial charge >= 0.3 is 5.97 Å². The van der Waals surface area contributed by atoms with Gasteiger partial charge in [0.15, 0.2) is 5.78 Å². The molecule has 2 aliphatic carbocycles. The third-order valence-corrected chi connectivity index (χ3v) is 7.17. The van der Waals surface area contributed by atoms with Gasteiger partial charge in [0.1, 0.15) is 0 Å². The molecule has 2 rings (SSSR count). The maximum atomic E-state index is 12.2. The summed E-state index contributed by atoms with van der Waals surface area (Å²) in [6.07, 6.45) is 7.05. The molecule has 0 bridgehead atoms. The topological polar surface area (TPSA) is 54.4 Å². The van der Waals surface area contributed by atoms with Gasteiger partial charge in [-0.05, 0) is 67.3 Å². The number of rotatable bonds is 5. The van der Waals surface area contributed by atoms with E-state index in [4.69, 9.17) is 5.11 Å². The molecule has 2 aliphatic rings. The number of carbonyl (C=O) groups excluding carboxylic acids is 1. The maximum absolute atomic E-state index is 12.2. The molecule has 0 aromatic heterocycles. The molecule has 1 saturated carbocycles. The van der Waals surface area contributed by atoms with E-state index in [0.29, 0.717) is 18.3 Å². The summed E-state index contributed by atoms with van der Waals surface area (Å²) in [4.78, 5) is 23.1. The summed E-state index contributed by atoms with van der Waals surface area (Å²) in [5.41, 5.74) is 1.49. The number of ketones is 1. The van der Waals surface area contributed by atoms with Crippen molar-refractivity contribution in [1.82, 2.24) is 0 Å². The van der Waals surface area contributed by atoms with Crippen LogP contribution in [0, 0.1) is 28.6 Å². The summed E-state index contributed by atoms with van der Waals surface area (Å²) in [5.74, 6) is 0.713. The third kappa shape index (κ3) is 3.39. The third-order valence-electron chi connectivity index (χ3n) is 7.17. The SMILES string of the molecule is CC1=CC(=O)C[C@H]2[C@@](C)(CC[C@H](C)CC(=O)O)[C@H](C)CC[C@@]12C. The molecular formula is C20H32O3. The van der Waals surface area contributed by atoms with Crippen LogP contribution in [0.4, 0.5) is 0 Å². The standard InChI is InChI=1S/C20H32O3/c1-13(10-18(22)23)6-8-19(4)14(2)7-9-20(5)15(3)11-16(21)12-17(19)20/h11,13-14,17H,6-10,12H2,1-5H3,(H,22,23)/t13-,14+,17-,19-,20-/m0/s1. The Morgan fingerprint density at radius 3 is 2.70 bits per heavy atom. The molecule has 130 valence electrons. The molecular weight excluding hydrogens is 288 g/mol. The minimum Gasteiger partial charge on any atom is -0.481 e. The van der Waals surface area contributed by atoms with Crippen molar-refractivity contribution in [3.63, 3.8) is 0 Å². The Morgan fingerprint density at radius 1 is 1.43 bits per heavy atom. The van der Waals surface area contributed by atoms with Crippen LogP contribution in [-0.4, -0.2) is 16.9 Å². The number of aliphatic carboxylic acids is 1. The van der Waals surface area contributed by atoms with Gasteiger partial charge in [-0.15, -0.1) is 0 Å². The molecule has 0 spiro atoms. The highest BCUT2D eigenvalue weighted by Gasteiger charge is 2.54. The number of carboxylic acid groups (broad SMARTS) is 1. The molecule has 0 aromatic carbocycles. The normalized spacial score (nSPS) is 38.7. The number of carboxylic acids is 1. The zero-order chi connectivity index (χ0) is 17.4. The fourth-order valence-corrected chi connectivity index (χ4v) is 5.07. The summed E-state index contributed by atoms with van der Waals surface area (Å²) >= 11 is 0. The van der Waals surface area contributed by atoms with Gasteiger partial charge in [0, 0.05) is 12.8 Å². The lowest BCUT2D eigenvalue weighted by atomic mass is 9.46. The molecule has 0 unspecified atom stereocenters. The van der Waals surface area contributed by atoms with Gasteiger partial charge in [0.05, 0.1) is 0 Å². The molecule has 3 heteroatoms. The lowest BCUT2D eigenvalue weighted by Gasteiger charge is -2.57. The van der Waals surface area contributed by atoms with Gasteiger partial charge in [-0.25, -0.2) is 0 Å². The van der Waals surface area contributed by atoms with Crippen LogP contribution in [0.15, 0.2) is 11.6 Å². The van der Waals surface area contributed by atoms with Gasteiger partial charge in [0.2, 0.25) is 0 Å². The average Bonchev–Trinajstić information content (AvgIpc) is 2.44. The van der Waals surface area contributed by atoms with E-state index >= 15 is 0 Å². The van der Waals surface area contributed by atoms with E-state index in [1.165, 1.54) is 12.0 Å². The summed E-state index contributed by atoms with van der Waals surface area (Å²) in [7, 11) is 0. The number of carbonyl (C=O) groups is 2. The van der Waals surface area contributed by atoms with Crippen LogP contribution in [0.1, 0.15) is 73.1 Å². The van der Waals surface area contributed by atoms with Crippen molar-refractivity contribution in [2.24, 2.45) is 28.6 Å². The van der Waals surface area contributed by atoms with Crippen molar-refractivity contribution in [1.29, 1.82) is 0 Å². The van der Waals surface area contributed by atoms with Crippen molar-refractivity contribution in [2.75, 3.05) is 0 Å². The average molecular weight is 320 g/mol. The highest BCUT2D eigenvalue weighted by Crippen LogP contribution is 2.61. The summed E-state index contributed by atoms with van der Waals surface area (Å²) < 4.78 is 0. The lowest BCUT2D eigenvalue weighted by Crippen LogP contribution is -2.51. The minimum atomic E-state index is -0.712. The lowest BCUT2D eigenvalue weighted by molar-refractivity contribution is -0.138. The van der Waals surface area contributed by atoms with E-state index in [9.17, 15) is 9.59 Å². The van der Waals surface area contributed by atoms with Gasteiger partial charge in [-0.3, -0.25) is 9.59 Å². The van der Waals surface area contributed by atoms with Crippen LogP contribution >= 0.6 is 0 Å². The Bertz CT molecular complexity index is 521. The van der Waals surface area contributed by atoms with Crippen LogP contribution in [0.25, 0.3) is 0 Å². The van der Waals surface area contributed by atoms with Crippen LogP contribution in [0.2, 0.25) is 0 Å². The first-order valence-electron chi connectivity index (χ1n) is 9.03. The van der Waals surface area contributed by atoms with Crippen molar-refractivity contribution in [2.45, 2.75) is 73.1 Å². The molecule has 0 radical (unpaired) electrons. The van der Waals surface area contributed by atoms with Crippen LogP contribution in [-0.2, 0) is 9.59 Å². The molecule has 0 aliphatic heterocycles. The zero-order valence-corrected chi connectivity index (χ0v) is 15.3. The molecule has 3 nitrogen and oxygen atoms in total. The maximum Gasteiger partial charge on any atom is 0.303 e. The number of allylic oxidation sites excluding steroid dienone is 2. The molecule has 0 heterocycles. The van der Waals surface area contributed by atoms with E-state index in [-0.39, 0.29) is 29.0 Å². The van der Waals surface area contributed by atoms with Crippen molar-refractivity contribution in [3.8, 4) is 0 Å². The highest BCUT2D eigenvalue weighted by molar-refractivity contribution is 5.92.